The highest BCUT2D eigenvalue weighted by atomic mass is 79.9. The van der Waals surface area contributed by atoms with Crippen LogP contribution in [-0.2, 0) is 11.2 Å². The smallest absolute Gasteiger partial charge is 0.266 e. The van der Waals surface area contributed by atoms with Gasteiger partial charge in [0.05, 0.1) is 0 Å². The van der Waals surface area contributed by atoms with Crippen LogP contribution in [0.4, 0.5) is 5.69 Å². The van der Waals surface area contributed by atoms with E-state index in [-0.39, 0.29) is 5.57 Å². The van der Waals surface area contributed by atoms with Crippen molar-refractivity contribution >= 4 is 45.2 Å². The number of anilines is 1. The van der Waals surface area contributed by atoms with Crippen LogP contribution in [0.15, 0.2) is 64.6 Å². The van der Waals surface area contributed by atoms with Gasteiger partial charge in [-0.25, -0.2) is 0 Å². The number of rotatable bonds is 5. The Balaban J connectivity index is 1.94. The zero-order valence-corrected chi connectivity index (χ0v) is 19.9. The number of hydrogen-bond acceptors (Lipinski definition) is 2. The fourth-order valence-electron chi connectivity index (χ4n) is 3.49. The van der Waals surface area contributed by atoms with E-state index in [9.17, 15) is 10.1 Å². The van der Waals surface area contributed by atoms with Crippen LogP contribution in [0.25, 0.3) is 6.08 Å². The highest BCUT2D eigenvalue weighted by Crippen LogP contribution is 2.25. The van der Waals surface area contributed by atoms with E-state index in [0.29, 0.717) is 17.1 Å². The first-order valence-electron chi connectivity index (χ1n) is 9.80. The molecule has 3 aromatic carbocycles. The maximum absolute atomic E-state index is 12.8. The van der Waals surface area contributed by atoms with E-state index >= 15 is 0 Å². The summed E-state index contributed by atoms with van der Waals surface area (Å²) in [4.78, 5) is 12.8. The Bertz CT molecular complexity index is 1200. The van der Waals surface area contributed by atoms with Gasteiger partial charge in [0.15, 0.2) is 0 Å². The van der Waals surface area contributed by atoms with Gasteiger partial charge in [-0.05, 0) is 79.8 Å². The summed E-state index contributed by atoms with van der Waals surface area (Å²) in [6, 6.07) is 19.7. The van der Waals surface area contributed by atoms with Gasteiger partial charge in [-0.2, -0.15) is 5.26 Å². The van der Waals surface area contributed by atoms with E-state index in [4.69, 9.17) is 11.6 Å². The summed E-state index contributed by atoms with van der Waals surface area (Å²) in [5.74, 6) is -0.467. The Morgan fingerprint density at radius 3 is 2.48 bits per heavy atom. The van der Waals surface area contributed by atoms with Crippen molar-refractivity contribution < 1.29 is 4.79 Å². The molecule has 0 bridgehead atoms. The van der Waals surface area contributed by atoms with Crippen LogP contribution in [0, 0.1) is 32.1 Å². The summed E-state index contributed by atoms with van der Waals surface area (Å²) in [6.07, 6.45) is 2.34. The minimum absolute atomic E-state index is 0.0270. The molecule has 3 rings (SSSR count). The minimum Gasteiger partial charge on any atom is -0.321 e. The lowest BCUT2D eigenvalue weighted by Gasteiger charge is -2.11. The molecule has 0 aliphatic rings. The third-order valence-corrected chi connectivity index (χ3v) is 5.87. The van der Waals surface area contributed by atoms with Gasteiger partial charge in [-0.3, -0.25) is 4.79 Å². The van der Waals surface area contributed by atoms with Crippen LogP contribution in [-0.4, -0.2) is 5.91 Å². The summed E-state index contributed by atoms with van der Waals surface area (Å²) in [6.45, 7) is 5.98. The lowest BCUT2D eigenvalue weighted by Crippen LogP contribution is -2.14. The molecule has 0 unspecified atom stereocenters. The molecule has 0 aliphatic carbocycles. The molecule has 0 heterocycles. The first-order valence-corrected chi connectivity index (χ1v) is 11.0. The summed E-state index contributed by atoms with van der Waals surface area (Å²) in [7, 11) is 0. The third-order valence-electron chi connectivity index (χ3n) is 4.96. The van der Waals surface area contributed by atoms with Crippen LogP contribution in [0.2, 0.25) is 5.02 Å². The van der Waals surface area contributed by atoms with Crippen molar-refractivity contribution in [3.63, 3.8) is 0 Å². The predicted molar refractivity (Wildman–Crippen MR) is 131 cm³/mol. The van der Waals surface area contributed by atoms with Crippen LogP contribution >= 0.6 is 27.5 Å². The highest BCUT2D eigenvalue weighted by Gasteiger charge is 2.13. The molecule has 0 spiro atoms. The summed E-state index contributed by atoms with van der Waals surface area (Å²) < 4.78 is 0.881. The SMILES string of the molecule is Cc1cc(C)cc(Cc2ccc(Br)cc2/C=C(\C#N)C(=O)Nc2cccc(Cl)c2C)c1. The Morgan fingerprint density at radius 2 is 1.81 bits per heavy atom. The van der Waals surface area contributed by atoms with Crippen molar-refractivity contribution in [1.82, 2.24) is 0 Å². The molecule has 0 aromatic heterocycles. The number of hydrogen-bond donors (Lipinski definition) is 1. The van der Waals surface area contributed by atoms with Crippen molar-refractivity contribution in [2.24, 2.45) is 0 Å². The molecular formula is C26H22BrClN2O. The second-order valence-corrected chi connectivity index (χ2v) is 8.88. The van der Waals surface area contributed by atoms with Crippen LogP contribution in [0.5, 0.6) is 0 Å². The van der Waals surface area contributed by atoms with Crippen LogP contribution in [0.3, 0.4) is 0 Å². The van der Waals surface area contributed by atoms with Gasteiger partial charge >= 0.3 is 0 Å². The summed E-state index contributed by atoms with van der Waals surface area (Å²) >= 11 is 9.64. The maximum atomic E-state index is 12.8. The van der Waals surface area contributed by atoms with Crippen molar-refractivity contribution in [3.8, 4) is 6.07 Å². The van der Waals surface area contributed by atoms with E-state index in [1.165, 1.54) is 16.7 Å². The molecule has 0 saturated heterocycles. The zero-order valence-electron chi connectivity index (χ0n) is 17.6. The Kier molecular flexibility index (Phi) is 7.33. The first kappa shape index (κ1) is 22.8. The average Bonchev–Trinajstić information content (AvgIpc) is 2.70. The molecule has 0 fully saturated rings. The molecule has 1 amide bonds. The Hall–Kier alpha value is -2.87. The molecule has 31 heavy (non-hydrogen) atoms. The molecule has 0 aliphatic heterocycles. The van der Waals surface area contributed by atoms with Crippen LogP contribution in [0.1, 0.15) is 33.4 Å². The average molecular weight is 494 g/mol. The van der Waals surface area contributed by atoms with Gasteiger partial charge in [0.25, 0.3) is 5.91 Å². The van der Waals surface area contributed by atoms with Crippen LogP contribution < -0.4 is 5.32 Å². The maximum Gasteiger partial charge on any atom is 0.266 e. The lowest BCUT2D eigenvalue weighted by atomic mass is 9.96. The van der Waals surface area contributed by atoms with Crippen molar-refractivity contribution in [3.05, 3.63) is 103 Å². The Labute approximate surface area is 196 Å². The quantitative estimate of drug-likeness (QED) is 0.303. The topological polar surface area (TPSA) is 52.9 Å². The fourth-order valence-corrected chi connectivity index (χ4v) is 4.04. The number of amides is 1. The number of carbonyl (C=O) groups excluding carboxylic acids is 1. The number of benzene rings is 3. The molecule has 3 nitrogen and oxygen atoms in total. The normalized spacial score (nSPS) is 11.2. The summed E-state index contributed by atoms with van der Waals surface area (Å²) in [5.41, 5.74) is 6.83. The Morgan fingerprint density at radius 1 is 1.10 bits per heavy atom. The third kappa shape index (κ3) is 5.85. The van der Waals surface area contributed by atoms with E-state index in [0.717, 1.165) is 21.2 Å². The van der Waals surface area contributed by atoms with Crippen molar-refractivity contribution in [2.75, 3.05) is 5.32 Å². The predicted octanol–water partition coefficient (Wildman–Crippen LogP) is 7.16. The number of nitrogens with one attached hydrogen (secondary N) is 1. The highest BCUT2D eigenvalue weighted by molar-refractivity contribution is 9.10. The molecule has 0 saturated carbocycles. The number of carbonyl (C=O) groups is 1. The fraction of sp³-hybridized carbons (Fsp3) is 0.154. The number of halogens is 2. The van der Waals surface area contributed by atoms with E-state index in [1.54, 1.807) is 24.3 Å². The zero-order chi connectivity index (χ0) is 22.5. The second kappa shape index (κ2) is 9.96. The molecule has 0 atom stereocenters. The molecular weight excluding hydrogens is 472 g/mol. The lowest BCUT2D eigenvalue weighted by molar-refractivity contribution is -0.112. The minimum atomic E-state index is -0.467. The number of nitrogens with zero attached hydrogens (tertiary/aromatic N) is 1. The van der Waals surface area contributed by atoms with Gasteiger partial charge in [0.2, 0.25) is 0 Å². The molecule has 5 heteroatoms. The van der Waals surface area contributed by atoms with E-state index in [1.807, 2.05) is 31.2 Å². The van der Waals surface area contributed by atoms with Crippen molar-refractivity contribution in [1.29, 1.82) is 5.26 Å². The molecule has 0 radical (unpaired) electrons. The van der Waals surface area contributed by atoms with Gasteiger partial charge in [0, 0.05) is 15.2 Å². The van der Waals surface area contributed by atoms with Gasteiger partial charge in [0.1, 0.15) is 11.6 Å². The van der Waals surface area contributed by atoms with Crippen molar-refractivity contribution in [2.45, 2.75) is 27.2 Å². The summed E-state index contributed by atoms with van der Waals surface area (Å²) in [5, 5.41) is 13.0. The monoisotopic (exact) mass is 492 g/mol. The molecule has 3 aromatic rings. The van der Waals surface area contributed by atoms with Gasteiger partial charge in [-0.15, -0.1) is 0 Å². The van der Waals surface area contributed by atoms with Gasteiger partial charge in [-0.1, -0.05) is 69.0 Å². The second-order valence-electron chi connectivity index (χ2n) is 7.55. The standard InChI is InChI=1S/C26H22BrClN2O/c1-16-9-17(2)11-19(10-16)12-20-7-8-23(27)14-21(20)13-22(15-29)26(31)30-25-6-4-5-24(28)18(25)3/h4-11,13-14H,12H2,1-3H3,(H,30,31)/b22-13+. The number of aryl methyl sites for hydroxylation is 2. The first-order chi connectivity index (χ1) is 14.8. The van der Waals surface area contributed by atoms with Gasteiger partial charge < -0.3 is 5.32 Å². The largest absolute Gasteiger partial charge is 0.321 e. The number of nitriles is 1. The van der Waals surface area contributed by atoms with E-state index in [2.05, 4.69) is 53.3 Å². The molecule has 1 N–H and O–H groups in total. The molecule has 156 valence electrons. The van der Waals surface area contributed by atoms with E-state index < -0.39 is 5.91 Å².